The van der Waals surface area contributed by atoms with Gasteiger partial charge in [0.1, 0.15) is 5.75 Å². The van der Waals surface area contributed by atoms with Crippen LogP contribution in [0.2, 0.25) is 0 Å². The average Bonchev–Trinajstić information content (AvgIpc) is 2.54. The zero-order valence-electron chi connectivity index (χ0n) is 12.0. The van der Waals surface area contributed by atoms with Crippen LogP contribution in [0.15, 0.2) is 48.8 Å². The van der Waals surface area contributed by atoms with Gasteiger partial charge in [0.25, 0.3) is 0 Å². The number of pyridine rings is 1. The van der Waals surface area contributed by atoms with E-state index in [1.807, 2.05) is 36.5 Å². The van der Waals surface area contributed by atoms with Gasteiger partial charge < -0.3 is 15.4 Å². The van der Waals surface area contributed by atoms with Crippen LogP contribution in [0.1, 0.15) is 11.1 Å². The monoisotopic (exact) mass is 301 g/mol. The van der Waals surface area contributed by atoms with Crippen LogP contribution in [0.4, 0.5) is 0 Å². The lowest BCUT2D eigenvalue weighted by atomic mass is 10.2. The number of rotatable bonds is 6. The van der Waals surface area contributed by atoms with E-state index in [9.17, 15) is 0 Å². The third-order valence-corrected chi connectivity index (χ3v) is 3.34. The highest BCUT2D eigenvalue weighted by atomic mass is 32.1. The minimum atomic E-state index is 0.642. The zero-order valence-corrected chi connectivity index (χ0v) is 12.8. The fraction of sp³-hybridized carbons (Fsp3) is 0.250. The molecule has 0 amide bonds. The van der Waals surface area contributed by atoms with Gasteiger partial charge in [-0.15, -0.1) is 0 Å². The van der Waals surface area contributed by atoms with Crippen LogP contribution in [0.5, 0.6) is 5.75 Å². The fourth-order valence-electron chi connectivity index (χ4n) is 1.95. The van der Waals surface area contributed by atoms with Gasteiger partial charge in [0.15, 0.2) is 5.11 Å². The van der Waals surface area contributed by atoms with Crippen molar-refractivity contribution in [1.29, 1.82) is 0 Å². The summed E-state index contributed by atoms with van der Waals surface area (Å²) in [7, 11) is 1.67. The molecule has 1 heterocycles. The number of ether oxygens (including phenoxy) is 1. The topological polar surface area (TPSA) is 46.2 Å². The number of methoxy groups -OCH3 is 1. The maximum absolute atomic E-state index is 5.31. The number of nitrogens with zero attached hydrogens (tertiary/aromatic N) is 1. The lowest BCUT2D eigenvalue weighted by Gasteiger charge is -2.12. The Morgan fingerprint density at radius 3 is 2.81 bits per heavy atom. The molecule has 0 radical (unpaired) electrons. The van der Waals surface area contributed by atoms with Crippen molar-refractivity contribution >= 4 is 17.3 Å². The van der Waals surface area contributed by atoms with Crippen LogP contribution in [0, 0.1) is 0 Å². The number of hydrogen-bond acceptors (Lipinski definition) is 3. The highest BCUT2D eigenvalue weighted by molar-refractivity contribution is 7.80. The highest BCUT2D eigenvalue weighted by Gasteiger charge is 2.02. The molecule has 0 atom stereocenters. The molecule has 0 saturated heterocycles. The standard InChI is InChI=1S/C16H19N3OS/c1-20-15-7-3-2-6-14(15)12-19-16(21)18-10-8-13-5-4-9-17-11-13/h2-7,9,11H,8,10,12H2,1H3,(H2,18,19,21). The minimum Gasteiger partial charge on any atom is -0.496 e. The van der Waals surface area contributed by atoms with Gasteiger partial charge in [-0.25, -0.2) is 0 Å². The normalized spacial score (nSPS) is 9.95. The summed E-state index contributed by atoms with van der Waals surface area (Å²) in [6.07, 6.45) is 4.54. The Kier molecular flexibility index (Phi) is 5.97. The molecule has 110 valence electrons. The van der Waals surface area contributed by atoms with Crippen LogP contribution in [-0.4, -0.2) is 23.8 Å². The lowest BCUT2D eigenvalue weighted by Crippen LogP contribution is -2.36. The Hall–Kier alpha value is -2.14. The molecule has 2 N–H and O–H groups in total. The van der Waals surface area contributed by atoms with Gasteiger partial charge in [-0.3, -0.25) is 4.98 Å². The molecular weight excluding hydrogens is 282 g/mol. The molecule has 0 saturated carbocycles. The molecule has 0 spiro atoms. The number of hydrogen-bond donors (Lipinski definition) is 2. The fourth-order valence-corrected chi connectivity index (χ4v) is 2.13. The SMILES string of the molecule is COc1ccccc1CNC(=S)NCCc1cccnc1. The first-order valence-electron chi connectivity index (χ1n) is 6.82. The van der Waals surface area contributed by atoms with E-state index in [2.05, 4.69) is 21.7 Å². The summed E-state index contributed by atoms with van der Waals surface area (Å²) >= 11 is 5.27. The summed E-state index contributed by atoms with van der Waals surface area (Å²) in [5.74, 6) is 0.864. The van der Waals surface area contributed by atoms with Gasteiger partial charge in [-0.1, -0.05) is 24.3 Å². The molecule has 0 aliphatic heterocycles. The van der Waals surface area contributed by atoms with Crippen molar-refractivity contribution < 1.29 is 4.74 Å². The predicted octanol–water partition coefficient (Wildman–Crippen LogP) is 2.30. The van der Waals surface area contributed by atoms with Crippen molar-refractivity contribution in [2.24, 2.45) is 0 Å². The summed E-state index contributed by atoms with van der Waals surface area (Å²) in [6.45, 7) is 1.42. The van der Waals surface area contributed by atoms with Crippen molar-refractivity contribution in [3.05, 3.63) is 59.9 Å². The number of thiocarbonyl (C=S) groups is 1. The average molecular weight is 301 g/mol. The van der Waals surface area contributed by atoms with Crippen LogP contribution >= 0.6 is 12.2 Å². The summed E-state index contributed by atoms with van der Waals surface area (Å²) in [4.78, 5) is 4.09. The van der Waals surface area contributed by atoms with E-state index in [0.717, 1.165) is 24.3 Å². The third-order valence-electron chi connectivity index (χ3n) is 3.05. The van der Waals surface area contributed by atoms with E-state index >= 15 is 0 Å². The van der Waals surface area contributed by atoms with E-state index in [4.69, 9.17) is 17.0 Å². The molecule has 0 unspecified atom stereocenters. The van der Waals surface area contributed by atoms with Crippen molar-refractivity contribution in [3.8, 4) is 5.75 Å². The molecule has 1 aromatic heterocycles. The molecule has 21 heavy (non-hydrogen) atoms. The Labute approximate surface area is 130 Å². The van der Waals surface area contributed by atoms with Gasteiger partial charge in [0.05, 0.1) is 7.11 Å². The molecule has 5 heteroatoms. The molecule has 0 fully saturated rings. The van der Waals surface area contributed by atoms with Gasteiger partial charge in [-0.05, 0) is 36.3 Å². The molecule has 4 nitrogen and oxygen atoms in total. The summed E-state index contributed by atoms with van der Waals surface area (Å²) in [6, 6.07) is 11.9. The van der Waals surface area contributed by atoms with Crippen molar-refractivity contribution in [3.63, 3.8) is 0 Å². The van der Waals surface area contributed by atoms with Gasteiger partial charge in [-0.2, -0.15) is 0 Å². The third kappa shape index (κ3) is 5.04. The van der Waals surface area contributed by atoms with Crippen LogP contribution in [-0.2, 0) is 13.0 Å². The number of benzene rings is 1. The summed E-state index contributed by atoms with van der Waals surface area (Å²) in [5.41, 5.74) is 2.27. The smallest absolute Gasteiger partial charge is 0.166 e. The molecule has 2 aromatic rings. The summed E-state index contributed by atoms with van der Waals surface area (Å²) in [5, 5.41) is 7.02. The van der Waals surface area contributed by atoms with Crippen molar-refractivity contribution in [2.75, 3.05) is 13.7 Å². The lowest BCUT2D eigenvalue weighted by molar-refractivity contribution is 0.409. The van der Waals surface area contributed by atoms with Gasteiger partial charge in [0.2, 0.25) is 0 Å². The van der Waals surface area contributed by atoms with E-state index in [1.165, 1.54) is 5.56 Å². The Morgan fingerprint density at radius 1 is 1.19 bits per heavy atom. The first kappa shape index (κ1) is 15.3. The first-order chi connectivity index (χ1) is 10.3. The van der Waals surface area contributed by atoms with E-state index in [1.54, 1.807) is 13.3 Å². The van der Waals surface area contributed by atoms with Gasteiger partial charge >= 0.3 is 0 Å². The van der Waals surface area contributed by atoms with Gasteiger partial charge in [0, 0.05) is 31.0 Å². The second-order valence-electron chi connectivity index (χ2n) is 4.53. The largest absolute Gasteiger partial charge is 0.496 e. The maximum Gasteiger partial charge on any atom is 0.166 e. The summed E-state index contributed by atoms with van der Waals surface area (Å²) < 4.78 is 5.31. The van der Waals surface area contributed by atoms with Crippen LogP contribution in [0.25, 0.3) is 0 Å². The molecule has 0 aliphatic rings. The molecule has 0 bridgehead atoms. The van der Waals surface area contributed by atoms with Crippen LogP contribution < -0.4 is 15.4 Å². The predicted molar refractivity (Wildman–Crippen MR) is 88.4 cm³/mol. The molecule has 0 aliphatic carbocycles. The molecular formula is C16H19N3OS. The first-order valence-corrected chi connectivity index (χ1v) is 7.23. The van der Waals surface area contributed by atoms with Crippen molar-refractivity contribution in [1.82, 2.24) is 15.6 Å². The number of aromatic nitrogens is 1. The Bertz CT molecular complexity index is 575. The Morgan fingerprint density at radius 2 is 2.05 bits per heavy atom. The quantitative estimate of drug-likeness (QED) is 0.802. The second-order valence-corrected chi connectivity index (χ2v) is 4.94. The minimum absolute atomic E-state index is 0.642. The molecule has 2 rings (SSSR count). The van der Waals surface area contributed by atoms with E-state index in [0.29, 0.717) is 11.7 Å². The van der Waals surface area contributed by atoms with Crippen LogP contribution in [0.3, 0.4) is 0 Å². The van der Waals surface area contributed by atoms with E-state index < -0.39 is 0 Å². The highest BCUT2D eigenvalue weighted by Crippen LogP contribution is 2.16. The zero-order chi connectivity index (χ0) is 14.9. The van der Waals surface area contributed by atoms with E-state index in [-0.39, 0.29) is 0 Å². The number of para-hydroxylation sites is 1. The maximum atomic E-state index is 5.31. The molecule has 1 aromatic carbocycles. The Balaban J connectivity index is 1.72. The second kappa shape index (κ2) is 8.21. The van der Waals surface area contributed by atoms with Crippen molar-refractivity contribution in [2.45, 2.75) is 13.0 Å². The number of nitrogens with one attached hydrogen (secondary N) is 2.